The number of rotatable bonds is 23. The first-order chi connectivity index (χ1) is 13.8. The van der Waals surface area contributed by atoms with Crippen LogP contribution in [-0.4, -0.2) is 0 Å². The molecule has 0 bridgehead atoms. The monoisotopic (exact) mass is 394 g/mol. The Kier molecular flexibility index (Phi) is 23.3. The standard InChI is InChI=1S/C28H58/c1-5-9-13-16-17-21-25-28(24-20-15-11-7-3)26-27(22-18-12-8-4)23-19-14-10-6-2/h27-28H,5-26H2,1-4H3. The molecule has 0 aliphatic rings. The predicted octanol–water partition coefficient (Wildman–Crippen LogP) is 10.9. The molecule has 0 N–H and O–H groups in total. The van der Waals surface area contributed by atoms with E-state index in [1.54, 1.807) is 6.42 Å². The average molecular weight is 395 g/mol. The van der Waals surface area contributed by atoms with Gasteiger partial charge in [-0.1, -0.05) is 163 Å². The Bertz CT molecular complexity index is 269. The third-order valence-corrected chi connectivity index (χ3v) is 6.78. The van der Waals surface area contributed by atoms with E-state index in [1.165, 1.54) is 135 Å². The van der Waals surface area contributed by atoms with Gasteiger partial charge in [0, 0.05) is 0 Å². The fourth-order valence-corrected chi connectivity index (χ4v) is 4.85. The molecule has 0 spiro atoms. The Morgan fingerprint density at radius 1 is 0.321 bits per heavy atom. The van der Waals surface area contributed by atoms with E-state index in [-0.39, 0.29) is 0 Å². The van der Waals surface area contributed by atoms with Crippen LogP contribution in [0.2, 0.25) is 0 Å². The maximum absolute atomic E-state index is 2.35. The van der Waals surface area contributed by atoms with Crippen molar-refractivity contribution in [3.05, 3.63) is 0 Å². The van der Waals surface area contributed by atoms with Crippen molar-refractivity contribution in [1.29, 1.82) is 0 Å². The molecule has 0 heterocycles. The van der Waals surface area contributed by atoms with Crippen molar-refractivity contribution < 1.29 is 0 Å². The molecule has 0 aromatic rings. The molecule has 0 aliphatic carbocycles. The Hall–Kier alpha value is 0. The lowest BCUT2D eigenvalue weighted by Crippen LogP contribution is -2.10. The van der Waals surface area contributed by atoms with Gasteiger partial charge >= 0.3 is 0 Å². The molecule has 0 aromatic carbocycles. The average Bonchev–Trinajstić information content (AvgIpc) is 2.70. The van der Waals surface area contributed by atoms with Crippen molar-refractivity contribution in [3.63, 3.8) is 0 Å². The van der Waals surface area contributed by atoms with Crippen molar-refractivity contribution in [2.75, 3.05) is 0 Å². The summed E-state index contributed by atoms with van der Waals surface area (Å²) in [5.41, 5.74) is 0. The summed E-state index contributed by atoms with van der Waals surface area (Å²) < 4.78 is 0. The highest BCUT2D eigenvalue weighted by Gasteiger charge is 2.16. The first-order valence-electron chi connectivity index (χ1n) is 13.8. The normalized spacial score (nSPS) is 13.7. The highest BCUT2D eigenvalue weighted by molar-refractivity contribution is 4.69. The van der Waals surface area contributed by atoms with Crippen molar-refractivity contribution >= 4 is 0 Å². The van der Waals surface area contributed by atoms with Crippen LogP contribution in [0, 0.1) is 11.8 Å². The highest BCUT2D eigenvalue weighted by Crippen LogP contribution is 2.30. The summed E-state index contributed by atoms with van der Waals surface area (Å²) in [5, 5.41) is 0. The third-order valence-electron chi connectivity index (χ3n) is 6.78. The summed E-state index contributed by atoms with van der Waals surface area (Å²) in [5.74, 6) is 2.06. The van der Waals surface area contributed by atoms with Crippen LogP contribution in [-0.2, 0) is 0 Å². The molecule has 0 fully saturated rings. The lowest BCUT2D eigenvalue weighted by Gasteiger charge is -2.24. The van der Waals surface area contributed by atoms with Crippen molar-refractivity contribution in [1.82, 2.24) is 0 Å². The topological polar surface area (TPSA) is 0 Å². The van der Waals surface area contributed by atoms with Gasteiger partial charge in [0.15, 0.2) is 0 Å². The van der Waals surface area contributed by atoms with Gasteiger partial charge in [0.25, 0.3) is 0 Å². The van der Waals surface area contributed by atoms with Crippen LogP contribution in [0.3, 0.4) is 0 Å². The molecule has 0 aliphatic heterocycles. The molecule has 0 saturated heterocycles. The molecule has 2 unspecified atom stereocenters. The van der Waals surface area contributed by atoms with E-state index < -0.39 is 0 Å². The zero-order valence-electron chi connectivity index (χ0n) is 20.7. The van der Waals surface area contributed by atoms with Gasteiger partial charge in [0.2, 0.25) is 0 Å². The van der Waals surface area contributed by atoms with Crippen LogP contribution in [0.25, 0.3) is 0 Å². The smallest absolute Gasteiger partial charge is 0.0412 e. The SMILES string of the molecule is CCCCCCCCC(CCCCCC)CC(CCCCC)CCCCCC. The van der Waals surface area contributed by atoms with Crippen LogP contribution in [0.5, 0.6) is 0 Å². The van der Waals surface area contributed by atoms with Gasteiger partial charge < -0.3 is 0 Å². The summed E-state index contributed by atoms with van der Waals surface area (Å²) in [6, 6.07) is 0. The summed E-state index contributed by atoms with van der Waals surface area (Å²) >= 11 is 0. The van der Waals surface area contributed by atoms with E-state index in [2.05, 4.69) is 27.7 Å². The second-order valence-corrected chi connectivity index (χ2v) is 9.72. The van der Waals surface area contributed by atoms with E-state index in [0.29, 0.717) is 0 Å². The van der Waals surface area contributed by atoms with Crippen molar-refractivity contribution in [3.8, 4) is 0 Å². The zero-order valence-corrected chi connectivity index (χ0v) is 20.7. The molecular weight excluding hydrogens is 336 g/mol. The lowest BCUT2D eigenvalue weighted by molar-refractivity contribution is 0.283. The zero-order chi connectivity index (χ0) is 20.7. The Balaban J connectivity index is 4.39. The maximum Gasteiger partial charge on any atom is -0.0412 e. The number of hydrogen-bond donors (Lipinski definition) is 0. The fourth-order valence-electron chi connectivity index (χ4n) is 4.85. The summed E-state index contributed by atoms with van der Waals surface area (Å²) in [6.45, 7) is 9.36. The van der Waals surface area contributed by atoms with Gasteiger partial charge in [-0.15, -0.1) is 0 Å². The van der Waals surface area contributed by atoms with Crippen LogP contribution in [0.15, 0.2) is 0 Å². The number of hydrogen-bond acceptors (Lipinski definition) is 0. The highest BCUT2D eigenvalue weighted by atomic mass is 14.2. The van der Waals surface area contributed by atoms with Crippen LogP contribution >= 0.6 is 0 Å². The minimum absolute atomic E-state index is 1.03. The van der Waals surface area contributed by atoms with E-state index >= 15 is 0 Å². The molecule has 28 heavy (non-hydrogen) atoms. The van der Waals surface area contributed by atoms with Gasteiger partial charge in [-0.3, -0.25) is 0 Å². The largest absolute Gasteiger partial charge is 0.0654 e. The first kappa shape index (κ1) is 28.0. The van der Waals surface area contributed by atoms with Gasteiger partial charge in [-0.2, -0.15) is 0 Å². The van der Waals surface area contributed by atoms with E-state index in [4.69, 9.17) is 0 Å². The molecule has 0 nitrogen and oxygen atoms in total. The van der Waals surface area contributed by atoms with Crippen LogP contribution < -0.4 is 0 Å². The molecule has 0 heteroatoms. The fraction of sp³-hybridized carbons (Fsp3) is 1.00. The minimum Gasteiger partial charge on any atom is -0.0654 e. The quantitative estimate of drug-likeness (QED) is 0.151. The summed E-state index contributed by atoms with van der Waals surface area (Å²) in [4.78, 5) is 0. The molecule has 2 atom stereocenters. The lowest BCUT2D eigenvalue weighted by atomic mass is 9.82. The molecule has 0 rings (SSSR count). The van der Waals surface area contributed by atoms with Crippen molar-refractivity contribution in [2.24, 2.45) is 11.8 Å². The van der Waals surface area contributed by atoms with Crippen molar-refractivity contribution in [2.45, 2.75) is 169 Å². The predicted molar refractivity (Wildman–Crippen MR) is 131 cm³/mol. The van der Waals surface area contributed by atoms with Gasteiger partial charge in [-0.25, -0.2) is 0 Å². The van der Waals surface area contributed by atoms with E-state index in [9.17, 15) is 0 Å². The Labute approximate surface area is 181 Å². The maximum atomic E-state index is 2.35. The second kappa shape index (κ2) is 23.3. The third kappa shape index (κ3) is 19.3. The summed E-state index contributed by atoms with van der Waals surface area (Å²) in [7, 11) is 0. The molecular formula is C28H58. The second-order valence-electron chi connectivity index (χ2n) is 9.72. The molecule has 170 valence electrons. The first-order valence-corrected chi connectivity index (χ1v) is 13.8. The number of unbranched alkanes of at least 4 members (excludes halogenated alkanes) is 13. The van der Waals surface area contributed by atoms with E-state index in [1.807, 2.05) is 0 Å². The Morgan fingerprint density at radius 2 is 0.571 bits per heavy atom. The molecule has 0 saturated carbocycles. The van der Waals surface area contributed by atoms with Gasteiger partial charge in [0.05, 0.1) is 0 Å². The van der Waals surface area contributed by atoms with E-state index in [0.717, 1.165) is 11.8 Å². The Morgan fingerprint density at radius 3 is 0.964 bits per heavy atom. The van der Waals surface area contributed by atoms with Crippen LogP contribution in [0.1, 0.15) is 169 Å². The minimum atomic E-state index is 1.03. The van der Waals surface area contributed by atoms with Crippen LogP contribution in [0.4, 0.5) is 0 Å². The summed E-state index contributed by atoms with van der Waals surface area (Å²) in [6.07, 6.45) is 32.3. The van der Waals surface area contributed by atoms with Gasteiger partial charge in [-0.05, 0) is 18.3 Å². The molecule has 0 aromatic heterocycles. The molecule has 0 radical (unpaired) electrons. The van der Waals surface area contributed by atoms with Gasteiger partial charge in [0.1, 0.15) is 0 Å². The molecule has 0 amide bonds.